The van der Waals surface area contributed by atoms with E-state index in [1.165, 1.54) is 7.11 Å². The fourth-order valence-corrected chi connectivity index (χ4v) is 6.08. The molecule has 0 aromatic heterocycles. The topological polar surface area (TPSA) is 111 Å². The molecule has 3 amide bonds. The summed E-state index contributed by atoms with van der Waals surface area (Å²) in [6.45, 7) is 3.31. The molecule has 0 spiro atoms. The van der Waals surface area contributed by atoms with E-state index in [0.717, 1.165) is 30.5 Å². The lowest BCUT2D eigenvalue weighted by Gasteiger charge is -2.28. The fraction of sp³-hybridized carbons (Fsp3) is 0.452. The Morgan fingerprint density at radius 3 is 2.60 bits per heavy atom. The Labute approximate surface area is 234 Å². The summed E-state index contributed by atoms with van der Waals surface area (Å²) in [7, 11) is 1.54. The van der Waals surface area contributed by atoms with Gasteiger partial charge in [0.15, 0.2) is 5.60 Å². The SMILES string of the molecule is COc1ccc2c(c1)[C@@](O)([C@H](C)/C=C/CC(=O)N1CCC[C@H]1CO)C(=O)N2Cc1ccc(N2CCCC2=O)cc1. The standard InChI is InChI=1S/C31H37N3O6/c1-21(6-3-8-28(36)33-16-4-7-24(33)20-35)31(39)26-18-25(40-2)14-15-27(26)34(30(31)38)19-22-10-12-23(13-11-22)32-17-5-9-29(32)37/h3,6,10-15,18,21,24,35,39H,4-5,7-9,16-17,19-20H2,1-2H3/b6-3+/t21-,24+,31+/m1/s1. The Hall–Kier alpha value is -3.69. The highest BCUT2D eigenvalue weighted by Gasteiger charge is 2.52. The third kappa shape index (κ3) is 4.99. The number of amides is 3. The van der Waals surface area contributed by atoms with Crippen LogP contribution >= 0.6 is 0 Å². The molecule has 0 unspecified atom stereocenters. The fourth-order valence-electron chi connectivity index (χ4n) is 6.08. The van der Waals surface area contributed by atoms with E-state index >= 15 is 0 Å². The van der Waals surface area contributed by atoms with Gasteiger partial charge in [-0.1, -0.05) is 31.2 Å². The lowest BCUT2D eigenvalue weighted by atomic mass is 9.83. The molecule has 3 atom stereocenters. The minimum atomic E-state index is -1.84. The van der Waals surface area contributed by atoms with Crippen molar-refractivity contribution in [2.45, 2.75) is 57.2 Å². The molecule has 2 saturated heterocycles. The van der Waals surface area contributed by atoms with Gasteiger partial charge in [0, 0.05) is 43.1 Å². The Kier molecular flexibility index (Phi) is 7.96. The molecule has 0 radical (unpaired) electrons. The zero-order valence-electron chi connectivity index (χ0n) is 23.1. The first-order chi connectivity index (χ1) is 19.3. The van der Waals surface area contributed by atoms with Crippen molar-refractivity contribution < 1.29 is 29.3 Å². The third-order valence-corrected chi connectivity index (χ3v) is 8.42. The molecule has 2 fully saturated rings. The van der Waals surface area contributed by atoms with Crippen molar-refractivity contribution in [2.24, 2.45) is 5.92 Å². The molecule has 3 heterocycles. The lowest BCUT2D eigenvalue weighted by Crippen LogP contribution is -2.44. The first kappa shape index (κ1) is 27.9. The molecule has 2 aromatic carbocycles. The molecule has 3 aliphatic rings. The van der Waals surface area contributed by atoms with E-state index in [9.17, 15) is 24.6 Å². The Morgan fingerprint density at radius 2 is 1.93 bits per heavy atom. The van der Waals surface area contributed by atoms with Crippen LogP contribution in [-0.2, 0) is 26.5 Å². The van der Waals surface area contributed by atoms with Crippen LogP contribution in [0.15, 0.2) is 54.6 Å². The van der Waals surface area contributed by atoms with Gasteiger partial charge in [0.2, 0.25) is 11.8 Å². The molecule has 40 heavy (non-hydrogen) atoms. The average Bonchev–Trinajstić information content (AvgIpc) is 3.68. The predicted octanol–water partition coefficient (Wildman–Crippen LogP) is 3.12. The molecular weight excluding hydrogens is 510 g/mol. The number of carbonyl (C=O) groups excluding carboxylic acids is 3. The quantitative estimate of drug-likeness (QED) is 0.467. The van der Waals surface area contributed by atoms with Gasteiger partial charge in [0.05, 0.1) is 32.0 Å². The van der Waals surface area contributed by atoms with E-state index in [4.69, 9.17) is 4.74 Å². The first-order valence-corrected chi connectivity index (χ1v) is 14.0. The van der Waals surface area contributed by atoms with Gasteiger partial charge in [0.1, 0.15) is 5.75 Å². The van der Waals surface area contributed by atoms with Crippen molar-refractivity contribution in [1.29, 1.82) is 0 Å². The van der Waals surface area contributed by atoms with Gasteiger partial charge < -0.3 is 29.6 Å². The smallest absolute Gasteiger partial charge is 0.264 e. The van der Waals surface area contributed by atoms with E-state index in [1.807, 2.05) is 24.3 Å². The van der Waals surface area contributed by atoms with Crippen LogP contribution in [0.3, 0.4) is 0 Å². The highest BCUT2D eigenvalue weighted by Crippen LogP contribution is 2.47. The van der Waals surface area contributed by atoms with E-state index in [-0.39, 0.29) is 37.4 Å². The van der Waals surface area contributed by atoms with E-state index in [2.05, 4.69) is 0 Å². The maximum atomic E-state index is 13.9. The number of ether oxygens (including phenoxy) is 1. The van der Waals surface area contributed by atoms with Crippen molar-refractivity contribution in [3.05, 3.63) is 65.7 Å². The minimum Gasteiger partial charge on any atom is -0.497 e. The lowest BCUT2D eigenvalue weighted by molar-refractivity contribution is -0.139. The Balaban J connectivity index is 1.36. The van der Waals surface area contributed by atoms with Crippen LogP contribution in [0.4, 0.5) is 11.4 Å². The summed E-state index contributed by atoms with van der Waals surface area (Å²) >= 11 is 0. The van der Waals surface area contributed by atoms with Crippen LogP contribution in [0.25, 0.3) is 0 Å². The molecule has 5 rings (SSSR count). The zero-order chi connectivity index (χ0) is 28.4. The van der Waals surface area contributed by atoms with Crippen molar-refractivity contribution in [1.82, 2.24) is 4.90 Å². The number of carbonyl (C=O) groups is 3. The van der Waals surface area contributed by atoms with Gasteiger partial charge in [-0.25, -0.2) is 0 Å². The number of anilines is 2. The molecule has 212 valence electrons. The van der Waals surface area contributed by atoms with Crippen LogP contribution in [0.2, 0.25) is 0 Å². The number of likely N-dealkylation sites (tertiary alicyclic amines) is 1. The molecular formula is C31H37N3O6. The van der Waals surface area contributed by atoms with Crippen LogP contribution in [-0.4, -0.2) is 65.7 Å². The van der Waals surface area contributed by atoms with E-state index in [1.54, 1.807) is 52.0 Å². The van der Waals surface area contributed by atoms with Crippen LogP contribution < -0.4 is 14.5 Å². The number of hydrogen-bond donors (Lipinski definition) is 2. The van der Waals surface area contributed by atoms with Gasteiger partial charge in [-0.05, 0) is 55.2 Å². The van der Waals surface area contributed by atoms with Crippen LogP contribution in [0.1, 0.15) is 50.2 Å². The Morgan fingerprint density at radius 1 is 1.15 bits per heavy atom. The number of aliphatic hydroxyl groups is 2. The number of methoxy groups -OCH3 is 1. The summed E-state index contributed by atoms with van der Waals surface area (Å²) < 4.78 is 5.40. The maximum absolute atomic E-state index is 13.9. The molecule has 2 N–H and O–H groups in total. The van der Waals surface area contributed by atoms with Gasteiger partial charge in [-0.15, -0.1) is 0 Å². The van der Waals surface area contributed by atoms with Crippen molar-refractivity contribution in [3.63, 3.8) is 0 Å². The second-order valence-electron chi connectivity index (χ2n) is 10.8. The molecule has 0 aliphatic carbocycles. The van der Waals surface area contributed by atoms with E-state index in [0.29, 0.717) is 36.5 Å². The maximum Gasteiger partial charge on any atom is 0.264 e. The summed E-state index contributed by atoms with van der Waals surface area (Å²) in [6, 6.07) is 12.7. The third-order valence-electron chi connectivity index (χ3n) is 8.42. The number of benzene rings is 2. The van der Waals surface area contributed by atoms with Crippen LogP contribution in [0, 0.1) is 5.92 Å². The Bertz CT molecular complexity index is 1310. The largest absolute Gasteiger partial charge is 0.497 e. The number of hydrogen-bond acceptors (Lipinski definition) is 6. The van der Waals surface area contributed by atoms with Crippen molar-refractivity contribution in [2.75, 3.05) is 36.6 Å². The normalized spacial score (nSPS) is 23.4. The summed E-state index contributed by atoms with van der Waals surface area (Å²) in [5.74, 6) is -0.500. The molecule has 3 aliphatic heterocycles. The van der Waals surface area contributed by atoms with Crippen molar-refractivity contribution >= 4 is 29.1 Å². The molecule has 2 aromatic rings. The van der Waals surface area contributed by atoms with Gasteiger partial charge in [-0.2, -0.15) is 0 Å². The summed E-state index contributed by atoms with van der Waals surface area (Å²) in [5.41, 5.74) is 0.929. The van der Waals surface area contributed by atoms with Gasteiger partial charge >= 0.3 is 0 Å². The predicted molar refractivity (Wildman–Crippen MR) is 151 cm³/mol. The first-order valence-electron chi connectivity index (χ1n) is 14.0. The summed E-state index contributed by atoms with van der Waals surface area (Å²) in [6.07, 6.45) is 6.63. The van der Waals surface area contributed by atoms with Crippen molar-refractivity contribution in [3.8, 4) is 5.75 Å². The monoisotopic (exact) mass is 547 g/mol. The number of nitrogens with zero attached hydrogens (tertiary/aromatic N) is 3. The summed E-state index contributed by atoms with van der Waals surface area (Å²) in [4.78, 5) is 43.8. The average molecular weight is 548 g/mol. The second-order valence-corrected chi connectivity index (χ2v) is 10.8. The zero-order valence-corrected chi connectivity index (χ0v) is 23.1. The second kappa shape index (κ2) is 11.4. The van der Waals surface area contributed by atoms with Crippen LogP contribution in [0.5, 0.6) is 5.75 Å². The highest BCUT2D eigenvalue weighted by molar-refractivity contribution is 6.07. The summed E-state index contributed by atoms with van der Waals surface area (Å²) in [5, 5.41) is 21.5. The minimum absolute atomic E-state index is 0.0479. The number of aliphatic hydroxyl groups excluding tert-OH is 1. The highest BCUT2D eigenvalue weighted by atomic mass is 16.5. The van der Waals surface area contributed by atoms with Gasteiger partial charge in [-0.3, -0.25) is 14.4 Å². The van der Waals surface area contributed by atoms with E-state index < -0.39 is 17.4 Å². The van der Waals surface area contributed by atoms with Gasteiger partial charge in [0.25, 0.3) is 5.91 Å². The molecule has 0 bridgehead atoms. The number of fused-ring (bicyclic) bond motifs is 1. The molecule has 9 nitrogen and oxygen atoms in total. The molecule has 0 saturated carbocycles. The number of rotatable bonds is 9. The molecule has 9 heteroatoms.